The summed E-state index contributed by atoms with van der Waals surface area (Å²) in [4.78, 5) is 4.97. The molecule has 0 radical (unpaired) electrons. The summed E-state index contributed by atoms with van der Waals surface area (Å²) in [5.41, 5.74) is 7.00. The molecule has 5 aromatic rings. The van der Waals surface area contributed by atoms with Gasteiger partial charge in [-0.25, -0.2) is 9.67 Å². The second kappa shape index (κ2) is 10.3. The highest BCUT2D eigenvalue weighted by Gasteiger charge is 2.23. The molecule has 0 bridgehead atoms. The van der Waals surface area contributed by atoms with Gasteiger partial charge in [-0.1, -0.05) is 31.2 Å². The van der Waals surface area contributed by atoms with Crippen LogP contribution in [0.1, 0.15) is 12.5 Å². The lowest BCUT2D eigenvalue weighted by atomic mass is 9.99. The van der Waals surface area contributed by atoms with Crippen molar-refractivity contribution in [1.82, 2.24) is 14.8 Å². The first-order valence-corrected chi connectivity index (χ1v) is 12.5. The van der Waals surface area contributed by atoms with Crippen molar-refractivity contribution >= 4 is 11.3 Å². The molecule has 182 valence electrons. The maximum atomic E-state index is 5.53. The average molecular weight is 498 g/mol. The van der Waals surface area contributed by atoms with Crippen molar-refractivity contribution in [3.63, 3.8) is 0 Å². The number of benzene rings is 3. The van der Waals surface area contributed by atoms with Crippen LogP contribution >= 0.6 is 11.3 Å². The van der Waals surface area contributed by atoms with E-state index in [1.807, 2.05) is 65.3 Å². The quantitative estimate of drug-likeness (QED) is 0.233. The molecule has 2 aromatic heterocycles. The van der Waals surface area contributed by atoms with Crippen LogP contribution in [0.2, 0.25) is 0 Å². The van der Waals surface area contributed by atoms with E-state index in [4.69, 9.17) is 24.3 Å². The Morgan fingerprint density at radius 2 is 1.39 bits per heavy atom. The van der Waals surface area contributed by atoms with Gasteiger partial charge in [0.15, 0.2) is 0 Å². The van der Waals surface area contributed by atoms with Crippen molar-refractivity contribution in [1.29, 1.82) is 0 Å². The largest absolute Gasteiger partial charge is 0.497 e. The van der Waals surface area contributed by atoms with E-state index < -0.39 is 0 Å². The zero-order valence-electron chi connectivity index (χ0n) is 20.7. The second-order valence-electron chi connectivity index (χ2n) is 8.15. The molecule has 0 aliphatic carbocycles. The molecule has 0 saturated heterocycles. The van der Waals surface area contributed by atoms with Crippen molar-refractivity contribution in [2.75, 3.05) is 21.3 Å². The minimum Gasteiger partial charge on any atom is -0.497 e. The summed E-state index contributed by atoms with van der Waals surface area (Å²) >= 11 is 1.56. The van der Waals surface area contributed by atoms with Crippen LogP contribution in [0.3, 0.4) is 0 Å². The summed E-state index contributed by atoms with van der Waals surface area (Å²) in [6, 6.07) is 24.0. The molecule has 6 nitrogen and oxygen atoms in total. The van der Waals surface area contributed by atoms with Crippen molar-refractivity contribution in [2.45, 2.75) is 13.3 Å². The van der Waals surface area contributed by atoms with E-state index in [0.717, 1.165) is 68.1 Å². The average Bonchev–Trinajstić information content (AvgIpc) is 3.58. The van der Waals surface area contributed by atoms with E-state index in [2.05, 4.69) is 24.4 Å². The van der Waals surface area contributed by atoms with Crippen LogP contribution in [0.15, 0.2) is 78.2 Å². The molecule has 0 saturated carbocycles. The Kier molecular flexibility index (Phi) is 6.73. The number of rotatable bonds is 8. The van der Waals surface area contributed by atoms with E-state index in [1.165, 1.54) is 0 Å². The summed E-state index contributed by atoms with van der Waals surface area (Å²) < 4.78 is 18.3. The van der Waals surface area contributed by atoms with Gasteiger partial charge < -0.3 is 14.2 Å². The van der Waals surface area contributed by atoms with Crippen molar-refractivity contribution in [2.24, 2.45) is 0 Å². The first-order valence-electron chi connectivity index (χ1n) is 11.7. The van der Waals surface area contributed by atoms with Crippen LogP contribution in [-0.2, 0) is 6.42 Å². The summed E-state index contributed by atoms with van der Waals surface area (Å²) in [5, 5.41) is 7.97. The molecule has 3 aromatic carbocycles. The Morgan fingerprint density at radius 1 is 0.750 bits per heavy atom. The van der Waals surface area contributed by atoms with Gasteiger partial charge in [-0.2, -0.15) is 5.10 Å². The second-order valence-corrected chi connectivity index (χ2v) is 8.99. The molecular weight excluding hydrogens is 470 g/mol. The molecule has 0 aliphatic heterocycles. The Labute approximate surface area is 214 Å². The third kappa shape index (κ3) is 4.45. The fourth-order valence-electron chi connectivity index (χ4n) is 4.25. The number of hydrogen-bond acceptors (Lipinski definition) is 6. The predicted molar refractivity (Wildman–Crippen MR) is 145 cm³/mol. The maximum Gasteiger partial charge on any atom is 0.211 e. The van der Waals surface area contributed by atoms with Gasteiger partial charge >= 0.3 is 0 Å². The molecule has 2 heterocycles. The Hall–Kier alpha value is -4.10. The summed E-state index contributed by atoms with van der Waals surface area (Å²) in [5.74, 6) is 2.41. The maximum absolute atomic E-state index is 5.53. The van der Waals surface area contributed by atoms with Crippen LogP contribution in [0.4, 0.5) is 0 Å². The van der Waals surface area contributed by atoms with Gasteiger partial charge in [-0.15, -0.1) is 11.3 Å². The highest BCUT2D eigenvalue weighted by atomic mass is 32.1. The zero-order chi connectivity index (χ0) is 25.1. The SMILES string of the molecule is CCc1c(-c2cccc(OC)c2)nn(-c2nc(-c3ccc(OC)cc3)cs2)c1-c1cccc(OC)c1. The standard InChI is InChI=1S/C29H27N3O3S/c1-5-25-27(20-8-6-10-23(16-20)34-3)31-32(28(25)21-9-7-11-24(17-21)35-4)29-30-26(18-36-29)19-12-14-22(33-2)15-13-19/h6-18H,5H2,1-4H3. The fourth-order valence-corrected chi connectivity index (χ4v) is 5.04. The predicted octanol–water partition coefficient (Wildman–Crippen LogP) is 6.92. The van der Waals surface area contributed by atoms with Crippen molar-refractivity contribution in [3.05, 3.63) is 83.7 Å². The Balaban J connectivity index is 1.69. The topological polar surface area (TPSA) is 58.4 Å². The highest BCUT2D eigenvalue weighted by molar-refractivity contribution is 7.12. The molecule has 7 heteroatoms. The van der Waals surface area contributed by atoms with E-state index >= 15 is 0 Å². The lowest BCUT2D eigenvalue weighted by Gasteiger charge is -2.09. The van der Waals surface area contributed by atoms with Crippen LogP contribution in [0, 0.1) is 0 Å². The molecule has 0 amide bonds. The highest BCUT2D eigenvalue weighted by Crippen LogP contribution is 2.38. The monoisotopic (exact) mass is 497 g/mol. The molecule has 0 unspecified atom stereocenters. The molecule has 0 fully saturated rings. The van der Waals surface area contributed by atoms with Crippen LogP contribution in [0.5, 0.6) is 17.2 Å². The van der Waals surface area contributed by atoms with Crippen LogP contribution < -0.4 is 14.2 Å². The zero-order valence-corrected chi connectivity index (χ0v) is 21.5. The lowest BCUT2D eigenvalue weighted by Crippen LogP contribution is -2.00. The van der Waals surface area contributed by atoms with Gasteiger partial charge in [0.05, 0.1) is 38.4 Å². The van der Waals surface area contributed by atoms with Gasteiger partial charge in [0.1, 0.15) is 17.2 Å². The molecule has 0 N–H and O–H groups in total. The van der Waals surface area contributed by atoms with Crippen molar-refractivity contribution < 1.29 is 14.2 Å². The number of thiazole rings is 1. The molecular formula is C29H27N3O3S. The van der Waals surface area contributed by atoms with Gasteiger partial charge in [0.2, 0.25) is 5.13 Å². The van der Waals surface area contributed by atoms with Gasteiger partial charge in [0.25, 0.3) is 0 Å². The van der Waals surface area contributed by atoms with E-state index in [-0.39, 0.29) is 0 Å². The first kappa shape index (κ1) is 23.6. The van der Waals surface area contributed by atoms with Crippen LogP contribution in [0.25, 0.3) is 38.9 Å². The Morgan fingerprint density at radius 3 is 2.03 bits per heavy atom. The van der Waals surface area contributed by atoms with Crippen LogP contribution in [-0.4, -0.2) is 36.1 Å². The summed E-state index contributed by atoms with van der Waals surface area (Å²) in [6.45, 7) is 2.15. The molecule has 5 rings (SSSR count). The smallest absolute Gasteiger partial charge is 0.211 e. The number of hydrogen-bond donors (Lipinski definition) is 0. The third-order valence-corrected chi connectivity index (χ3v) is 6.90. The first-order chi connectivity index (χ1) is 17.6. The molecule has 0 spiro atoms. The molecule has 0 aliphatic rings. The van der Waals surface area contributed by atoms with E-state index in [0.29, 0.717) is 0 Å². The number of nitrogens with zero attached hydrogens (tertiary/aromatic N) is 3. The normalized spacial score (nSPS) is 10.9. The third-order valence-electron chi connectivity index (χ3n) is 6.08. The number of methoxy groups -OCH3 is 3. The van der Waals surface area contributed by atoms with Gasteiger partial charge in [-0.3, -0.25) is 0 Å². The number of ether oxygens (including phenoxy) is 3. The summed E-state index contributed by atoms with van der Waals surface area (Å²) in [7, 11) is 5.02. The lowest BCUT2D eigenvalue weighted by molar-refractivity contribution is 0.415. The van der Waals surface area contributed by atoms with E-state index in [9.17, 15) is 0 Å². The van der Waals surface area contributed by atoms with E-state index in [1.54, 1.807) is 32.7 Å². The minimum absolute atomic E-state index is 0.794. The molecule has 0 atom stereocenters. The minimum atomic E-state index is 0.794. The number of aromatic nitrogens is 3. The van der Waals surface area contributed by atoms with Gasteiger partial charge in [-0.05, 0) is 55.0 Å². The Bertz CT molecular complexity index is 1490. The van der Waals surface area contributed by atoms with Crippen molar-refractivity contribution in [3.8, 4) is 56.2 Å². The fraction of sp³-hybridized carbons (Fsp3) is 0.172. The molecule has 36 heavy (non-hydrogen) atoms. The van der Waals surface area contributed by atoms with Gasteiger partial charge in [0, 0.05) is 27.6 Å². The summed E-state index contributed by atoms with van der Waals surface area (Å²) in [6.07, 6.45) is 0.801.